The van der Waals surface area contributed by atoms with Crippen molar-refractivity contribution in [1.29, 1.82) is 0 Å². The van der Waals surface area contributed by atoms with Crippen molar-refractivity contribution in [3.8, 4) is 5.69 Å². The number of halogens is 1. The number of benzene rings is 2. The summed E-state index contributed by atoms with van der Waals surface area (Å²) in [6.07, 6.45) is 5.52. The Labute approximate surface area is 158 Å². The van der Waals surface area contributed by atoms with Gasteiger partial charge < -0.3 is 15.2 Å². The van der Waals surface area contributed by atoms with Gasteiger partial charge in [-0.15, -0.1) is 0 Å². The molecule has 5 nitrogen and oxygen atoms in total. The van der Waals surface area contributed by atoms with Crippen LogP contribution in [0.5, 0.6) is 0 Å². The Bertz CT molecular complexity index is 858. The van der Waals surface area contributed by atoms with Gasteiger partial charge >= 0.3 is 0 Å². The molecule has 1 aromatic heterocycles. The Kier molecular flexibility index (Phi) is 6.28. The molecule has 0 radical (unpaired) electrons. The Morgan fingerprint density at radius 1 is 1.15 bits per heavy atom. The maximum Gasteiger partial charge on any atom is 0.191 e. The molecule has 0 bridgehead atoms. The molecular weight excluding hydrogens is 346 g/mol. The van der Waals surface area contributed by atoms with E-state index >= 15 is 0 Å². The van der Waals surface area contributed by atoms with Gasteiger partial charge in [-0.1, -0.05) is 41.9 Å². The lowest BCUT2D eigenvalue weighted by Gasteiger charge is -2.14. The van der Waals surface area contributed by atoms with Gasteiger partial charge in [-0.25, -0.2) is 9.98 Å². The van der Waals surface area contributed by atoms with Gasteiger partial charge in [0.05, 0.1) is 18.6 Å². The molecule has 0 amide bonds. The topological polar surface area (TPSA) is 54.2 Å². The van der Waals surface area contributed by atoms with E-state index in [-0.39, 0.29) is 0 Å². The highest BCUT2D eigenvalue weighted by molar-refractivity contribution is 6.30. The summed E-state index contributed by atoms with van der Waals surface area (Å²) in [5, 5.41) is 7.40. The first kappa shape index (κ1) is 18.0. The second kappa shape index (κ2) is 9.06. The number of nitrogens with zero attached hydrogens (tertiary/aromatic N) is 3. The second-order valence-electron chi connectivity index (χ2n) is 5.78. The predicted molar refractivity (Wildman–Crippen MR) is 107 cm³/mol. The fraction of sp³-hybridized carbons (Fsp3) is 0.200. The molecule has 0 unspecified atom stereocenters. The van der Waals surface area contributed by atoms with E-state index in [0.29, 0.717) is 13.1 Å². The average molecular weight is 368 g/mol. The minimum atomic E-state index is 0.569. The number of guanidine groups is 1. The van der Waals surface area contributed by atoms with Gasteiger partial charge in [-0.2, -0.15) is 0 Å². The third kappa shape index (κ3) is 4.86. The third-order valence-corrected chi connectivity index (χ3v) is 4.11. The van der Waals surface area contributed by atoms with Crippen LogP contribution in [0.25, 0.3) is 5.69 Å². The minimum Gasteiger partial charge on any atom is -0.357 e. The molecule has 0 spiro atoms. The number of rotatable bonds is 6. The molecule has 0 aliphatic heterocycles. The molecule has 2 N–H and O–H groups in total. The van der Waals surface area contributed by atoms with Crippen molar-refractivity contribution in [2.24, 2.45) is 4.99 Å². The highest BCUT2D eigenvalue weighted by atomic mass is 35.5. The van der Waals surface area contributed by atoms with Crippen LogP contribution in [0.1, 0.15) is 18.1 Å². The first-order valence-electron chi connectivity index (χ1n) is 8.59. The van der Waals surface area contributed by atoms with Gasteiger partial charge in [-0.05, 0) is 36.2 Å². The van der Waals surface area contributed by atoms with Crippen molar-refractivity contribution in [3.63, 3.8) is 0 Å². The molecule has 26 heavy (non-hydrogen) atoms. The smallest absolute Gasteiger partial charge is 0.191 e. The van der Waals surface area contributed by atoms with Crippen LogP contribution >= 0.6 is 11.6 Å². The van der Waals surface area contributed by atoms with Crippen molar-refractivity contribution < 1.29 is 0 Å². The van der Waals surface area contributed by atoms with Crippen molar-refractivity contribution in [2.75, 3.05) is 6.54 Å². The van der Waals surface area contributed by atoms with Crippen LogP contribution < -0.4 is 10.6 Å². The standard InChI is InChI=1S/C20H22ClN5/c1-2-23-20(24-13-16-6-5-8-18(21)12-16)25-14-17-7-3-4-9-19(17)26-11-10-22-15-26/h3-12,15H,2,13-14H2,1H3,(H2,23,24,25). The Balaban J connectivity index is 1.70. The molecule has 0 saturated carbocycles. The van der Waals surface area contributed by atoms with Gasteiger partial charge in [-0.3, -0.25) is 0 Å². The zero-order chi connectivity index (χ0) is 18.2. The number of aliphatic imine (C=N–C) groups is 1. The summed E-state index contributed by atoms with van der Waals surface area (Å²) in [7, 11) is 0. The van der Waals surface area contributed by atoms with E-state index < -0.39 is 0 Å². The molecule has 2 aromatic carbocycles. The third-order valence-electron chi connectivity index (χ3n) is 3.87. The number of hydrogen-bond acceptors (Lipinski definition) is 2. The summed E-state index contributed by atoms with van der Waals surface area (Å²) in [5.74, 6) is 0.771. The number of hydrogen-bond donors (Lipinski definition) is 2. The van der Waals surface area contributed by atoms with Crippen LogP contribution in [0.2, 0.25) is 5.02 Å². The molecular formula is C20H22ClN5. The molecule has 0 aliphatic rings. The van der Waals surface area contributed by atoms with Gasteiger partial charge in [0.1, 0.15) is 0 Å². The number of nitrogens with one attached hydrogen (secondary N) is 2. The highest BCUT2D eigenvalue weighted by Gasteiger charge is 2.05. The monoisotopic (exact) mass is 367 g/mol. The molecule has 0 aliphatic carbocycles. The lowest BCUT2D eigenvalue weighted by atomic mass is 10.1. The maximum atomic E-state index is 6.04. The summed E-state index contributed by atoms with van der Waals surface area (Å²) in [5.41, 5.74) is 3.34. The number of para-hydroxylation sites is 1. The molecule has 1 heterocycles. The molecule has 0 fully saturated rings. The largest absolute Gasteiger partial charge is 0.357 e. The van der Waals surface area contributed by atoms with Crippen molar-refractivity contribution >= 4 is 17.6 Å². The summed E-state index contributed by atoms with van der Waals surface area (Å²) in [6.45, 7) is 4.08. The Morgan fingerprint density at radius 3 is 2.81 bits per heavy atom. The lowest BCUT2D eigenvalue weighted by molar-refractivity contribution is 0.810. The Morgan fingerprint density at radius 2 is 2.04 bits per heavy atom. The first-order chi connectivity index (χ1) is 12.8. The highest BCUT2D eigenvalue weighted by Crippen LogP contribution is 2.14. The van der Waals surface area contributed by atoms with E-state index in [1.807, 2.05) is 47.2 Å². The zero-order valence-corrected chi connectivity index (χ0v) is 15.4. The summed E-state index contributed by atoms with van der Waals surface area (Å²) in [4.78, 5) is 8.78. The predicted octanol–water partition coefficient (Wildman–Crippen LogP) is 3.78. The van der Waals surface area contributed by atoms with Crippen LogP contribution in [0.3, 0.4) is 0 Å². The van der Waals surface area contributed by atoms with Crippen LogP contribution in [0.15, 0.2) is 72.2 Å². The fourth-order valence-electron chi connectivity index (χ4n) is 2.64. The van der Waals surface area contributed by atoms with Crippen molar-refractivity contribution in [2.45, 2.75) is 20.0 Å². The van der Waals surface area contributed by atoms with Gasteiger partial charge in [0.2, 0.25) is 0 Å². The number of aromatic nitrogens is 2. The molecule has 134 valence electrons. The number of imidazole rings is 1. The van der Waals surface area contributed by atoms with Crippen LogP contribution in [0.4, 0.5) is 0 Å². The summed E-state index contributed by atoms with van der Waals surface area (Å²) < 4.78 is 2.01. The van der Waals surface area contributed by atoms with Crippen molar-refractivity contribution in [3.05, 3.63) is 83.4 Å². The van der Waals surface area contributed by atoms with E-state index in [2.05, 4.69) is 39.7 Å². The van der Waals surface area contributed by atoms with Crippen LogP contribution in [-0.4, -0.2) is 22.1 Å². The fourth-order valence-corrected chi connectivity index (χ4v) is 2.85. The summed E-state index contributed by atoms with van der Waals surface area (Å²) in [6, 6.07) is 16.0. The van der Waals surface area contributed by atoms with Crippen molar-refractivity contribution in [1.82, 2.24) is 20.2 Å². The van der Waals surface area contributed by atoms with E-state index in [0.717, 1.165) is 28.8 Å². The molecule has 3 rings (SSSR count). The average Bonchev–Trinajstić information content (AvgIpc) is 3.19. The Hall–Kier alpha value is -2.79. The minimum absolute atomic E-state index is 0.569. The van der Waals surface area contributed by atoms with E-state index in [1.165, 1.54) is 5.56 Å². The normalized spacial score (nSPS) is 11.4. The first-order valence-corrected chi connectivity index (χ1v) is 8.97. The quantitative estimate of drug-likeness (QED) is 0.515. The SMILES string of the molecule is CCNC(=NCc1cccc(Cl)c1)NCc1ccccc1-n1ccnc1. The van der Waals surface area contributed by atoms with Gasteiger partial charge in [0, 0.05) is 30.5 Å². The van der Waals surface area contributed by atoms with E-state index in [9.17, 15) is 0 Å². The molecule has 0 saturated heterocycles. The van der Waals surface area contributed by atoms with Crippen LogP contribution in [-0.2, 0) is 13.1 Å². The van der Waals surface area contributed by atoms with Gasteiger partial charge in [0.15, 0.2) is 5.96 Å². The van der Waals surface area contributed by atoms with E-state index in [1.54, 1.807) is 12.5 Å². The molecule has 0 atom stereocenters. The second-order valence-corrected chi connectivity index (χ2v) is 6.21. The maximum absolute atomic E-state index is 6.04. The molecule has 3 aromatic rings. The van der Waals surface area contributed by atoms with E-state index in [4.69, 9.17) is 11.6 Å². The zero-order valence-electron chi connectivity index (χ0n) is 14.7. The van der Waals surface area contributed by atoms with Gasteiger partial charge in [0.25, 0.3) is 0 Å². The lowest BCUT2D eigenvalue weighted by Crippen LogP contribution is -2.37. The summed E-state index contributed by atoms with van der Waals surface area (Å²) >= 11 is 6.04. The molecule has 6 heteroatoms. The van der Waals surface area contributed by atoms with Crippen LogP contribution in [0, 0.1) is 0 Å².